The number of ether oxygens (including phenoxy) is 1. The van der Waals surface area contributed by atoms with Crippen LogP contribution in [0.2, 0.25) is 0 Å². The minimum absolute atomic E-state index is 0.242. The zero-order chi connectivity index (χ0) is 16.1. The Morgan fingerprint density at radius 2 is 1.87 bits per heavy atom. The molecule has 1 aromatic rings. The molecule has 1 aromatic carbocycles. The molecule has 0 aliphatic carbocycles. The second-order valence-electron chi connectivity index (χ2n) is 6.68. The van der Waals surface area contributed by atoms with Crippen LogP contribution in [0.15, 0.2) is 30.3 Å². The topological polar surface area (TPSA) is 32.8 Å². The van der Waals surface area contributed by atoms with Gasteiger partial charge in [-0.3, -0.25) is 9.69 Å². The van der Waals surface area contributed by atoms with E-state index in [0.717, 1.165) is 44.8 Å². The maximum atomic E-state index is 11.8. The molecule has 2 atom stereocenters. The van der Waals surface area contributed by atoms with Gasteiger partial charge in [-0.05, 0) is 50.8 Å². The summed E-state index contributed by atoms with van der Waals surface area (Å²) in [6.45, 7) is 5.65. The van der Waals surface area contributed by atoms with Gasteiger partial charge in [0.2, 0.25) is 5.91 Å². The molecule has 23 heavy (non-hydrogen) atoms. The first-order valence-electron chi connectivity index (χ1n) is 8.95. The minimum atomic E-state index is 0.242. The molecule has 2 aliphatic rings. The van der Waals surface area contributed by atoms with E-state index < -0.39 is 0 Å². The van der Waals surface area contributed by atoms with Crippen LogP contribution in [0.25, 0.3) is 0 Å². The van der Waals surface area contributed by atoms with Gasteiger partial charge >= 0.3 is 0 Å². The Morgan fingerprint density at radius 3 is 2.65 bits per heavy atom. The highest BCUT2D eigenvalue weighted by molar-refractivity contribution is 5.74. The van der Waals surface area contributed by atoms with Gasteiger partial charge in [0.25, 0.3) is 0 Å². The van der Waals surface area contributed by atoms with E-state index in [2.05, 4.69) is 9.80 Å². The number of carbonyl (C=O) groups is 1. The Bertz CT molecular complexity index is 505. The number of hydrogen-bond acceptors (Lipinski definition) is 3. The van der Waals surface area contributed by atoms with Gasteiger partial charge < -0.3 is 9.64 Å². The fraction of sp³-hybridized carbons (Fsp3) is 0.632. The summed E-state index contributed by atoms with van der Waals surface area (Å²) in [6, 6.07) is 11.0. The van der Waals surface area contributed by atoms with Gasteiger partial charge in [0, 0.05) is 32.1 Å². The van der Waals surface area contributed by atoms with Crippen LogP contribution in [-0.4, -0.2) is 54.0 Å². The van der Waals surface area contributed by atoms with Gasteiger partial charge in [-0.25, -0.2) is 0 Å². The number of amides is 1. The molecule has 2 aliphatic heterocycles. The van der Waals surface area contributed by atoms with Crippen molar-refractivity contribution in [2.45, 2.75) is 51.1 Å². The molecule has 1 amide bonds. The molecule has 2 heterocycles. The number of nitrogens with zero attached hydrogens (tertiary/aromatic N) is 2. The largest absolute Gasteiger partial charge is 0.494 e. The quantitative estimate of drug-likeness (QED) is 0.757. The molecule has 4 heteroatoms. The monoisotopic (exact) mass is 316 g/mol. The molecule has 3 rings (SSSR count). The van der Waals surface area contributed by atoms with E-state index in [-0.39, 0.29) is 5.91 Å². The number of rotatable bonds is 6. The highest BCUT2D eigenvalue weighted by Crippen LogP contribution is 2.30. The van der Waals surface area contributed by atoms with E-state index >= 15 is 0 Å². The Balaban J connectivity index is 1.46. The molecular formula is C19H28N2O2. The van der Waals surface area contributed by atoms with Crippen molar-refractivity contribution in [1.29, 1.82) is 0 Å². The van der Waals surface area contributed by atoms with Crippen molar-refractivity contribution in [2.75, 3.05) is 26.2 Å². The molecule has 0 unspecified atom stereocenters. The summed E-state index contributed by atoms with van der Waals surface area (Å²) in [5, 5.41) is 0. The zero-order valence-corrected chi connectivity index (χ0v) is 14.1. The molecule has 0 N–H and O–H groups in total. The van der Waals surface area contributed by atoms with Crippen LogP contribution in [0.1, 0.15) is 39.0 Å². The summed E-state index contributed by atoms with van der Waals surface area (Å²) in [5.41, 5.74) is 0. The Labute approximate surface area is 139 Å². The Morgan fingerprint density at radius 1 is 1.13 bits per heavy atom. The third kappa shape index (κ3) is 4.05. The van der Waals surface area contributed by atoms with Gasteiger partial charge in [0.05, 0.1) is 6.61 Å². The van der Waals surface area contributed by atoms with Crippen LogP contribution in [0.3, 0.4) is 0 Å². The Hall–Kier alpha value is -1.55. The maximum Gasteiger partial charge on any atom is 0.219 e. The van der Waals surface area contributed by atoms with E-state index in [1.165, 1.54) is 19.3 Å². The SMILES string of the molecule is CC(=O)N1CCC[C@H]1[C@H]1CCCN1CCCOc1ccccc1. The summed E-state index contributed by atoms with van der Waals surface area (Å²) in [6.07, 6.45) is 5.85. The Kier molecular flexibility index (Phi) is 5.55. The second kappa shape index (κ2) is 7.82. The number of benzene rings is 1. The van der Waals surface area contributed by atoms with Crippen molar-refractivity contribution in [3.05, 3.63) is 30.3 Å². The van der Waals surface area contributed by atoms with Gasteiger partial charge in [-0.2, -0.15) is 0 Å². The highest BCUT2D eigenvalue weighted by atomic mass is 16.5. The number of carbonyl (C=O) groups excluding carboxylic acids is 1. The molecule has 0 bridgehead atoms. The van der Waals surface area contributed by atoms with E-state index in [9.17, 15) is 4.79 Å². The smallest absolute Gasteiger partial charge is 0.219 e. The molecule has 126 valence electrons. The van der Waals surface area contributed by atoms with Gasteiger partial charge in [-0.15, -0.1) is 0 Å². The van der Waals surface area contributed by atoms with Gasteiger partial charge in [0.1, 0.15) is 5.75 Å². The van der Waals surface area contributed by atoms with Gasteiger partial charge in [-0.1, -0.05) is 18.2 Å². The highest BCUT2D eigenvalue weighted by Gasteiger charge is 2.38. The number of para-hydroxylation sites is 1. The first-order chi connectivity index (χ1) is 11.3. The predicted molar refractivity (Wildman–Crippen MR) is 91.6 cm³/mol. The van der Waals surface area contributed by atoms with Crippen molar-refractivity contribution in [3.63, 3.8) is 0 Å². The van der Waals surface area contributed by atoms with E-state index in [0.29, 0.717) is 12.1 Å². The van der Waals surface area contributed by atoms with E-state index in [4.69, 9.17) is 4.74 Å². The van der Waals surface area contributed by atoms with Crippen LogP contribution in [0.5, 0.6) is 5.75 Å². The van der Waals surface area contributed by atoms with Crippen LogP contribution >= 0.6 is 0 Å². The molecule has 0 aromatic heterocycles. The van der Waals surface area contributed by atoms with Crippen LogP contribution in [-0.2, 0) is 4.79 Å². The van der Waals surface area contributed by atoms with Crippen molar-refractivity contribution < 1.29 is 9.53 Å². The third-order valence-corrected chi connectivity index (χ3v) is 5.16. The maximum absolute atomic E-state index is 11.8. The van der Waals surface area contributed by atoms with Gasteiger partial charge in [0.15, 0.2) is 0 Å². The summed E-state index contributed by atoms with van der Waals surface area (Å²) in [7, 11) is 0. The van der Waals surface area contributed by atoms with E-state index in [1.54, 1.807) is 6.92 Å². The summed E-state index contributed by atoms with van der Waals surface area (Å²) < 4.78 is 5.79. The van der Waals surface area contributed by atoms with Crippen LogP contribution in [0.4, 0.5) is 0 Å². The molecule has 2 saturated heterocycles. The minimum Gasteiger partial charge on any atom is -0.494 e. The summed E-state index contributed by atoms with van der Waals surface area (Å²) in [4.78, 5) is 16.5. The average molecular weight is 316 g/mol. The zero-order valence-electron chi connectivity index (χ0n) is 14.1. The van der Waals surface area contributed by atoms with Crippen molar-refractivity contribution in [2.24, 2.45) is 0 Å². The summed E-state index contributed by atoms with van der Waals surface area (Å²) >= 11 is 0. The standard InChI is InChI=1S/C19H28N2O2/c1-16(22)21-14-6-11-19(21)18-10-5-12-20(18)13-7-15-23-17-8-3-2-4-9-17/h2-4,8-9,18-19H,5-7,10-15H2,1H3/t18-,19+/m1/s1. The fourth-order valence-corrected chi connectivity index (χ4v) is 4.12. The lowest BCUT2D eigenvalue weighted by Crippen LogP contribution is -2.48. The fourth-order valence-electron chi connectivity index (χ4n) is 4.12. The lowest BCUT2D eigenvalue weighted by molar-refractivity contribution is -0.130. The van der Waals surface area contributed by atoms with Crippen molar-refractivity contribution in [3.8, 4) is 5.75 Å². The second-order valence-corrected chi connectivity index (χ2v) is 6.68. The normalized spacial score (nSPS) is 25.0. The van der Waals surface area contributed by atoms with Crippen molar-refractivity contribution in [1.82, 2.24) is 9.80 Å². The third-order valence-electron chi connectivity index (χ3n) is 5.16. The first-order valence-corrected chi connectivity index (χ1v) is 8.95. The lowest BCUT2D eigenvalue weighted by atomic mass is 10.0. The first kappa shape index (κ1) is 16.3. The van der Waals surface area contributed by atoms with Crippen LogP contribution < -0.4 is 4.74 Å². The van der Waals surface area contributed by atoms with Crippen molar-refractivity contribution >= 4 is 5.91 Å². The molecule has 4 nitrogen and oxygen atoms in total. The average Bonchev–Trinajstić information content (AvgIpc) is 3.21. The predicted octanol–water partition coefficient (Wildman–Crippen LogP) is 2.93. The molecule has 2 fully saturated rings. The lowest BCUT2D eigenvalue weighted by Gasteiger charge is -2.34. The molecular weight excluding hydrogens is 288 g/mol. The van der Waals surface area contributed by atoms with E-state index in [1.807, 2.05) is 30.3 Å². The number of hydrogen-bond donors (Lipinski definition) is 0. The summed E-state index contributed by atoms with van der Waals surface area (Å²) in [5.74, 6) is 1.19. The molecule has 0 radical (unpaired) electrons. The number of likely N-dealkylation sites (tertiary alicyclic amines) is 2. The molecule has 0 spiro atoms. The molecule has 0 saturated carbocycles. The van der Waals surface area contributed by atoms with Crippen LogP contribution in [0, 0.1) is 0 Å².